The van der Waals surface area contributed by atoms with Crippen molar-refractivity contribution in [2.45, 2.75) is 19.4 Å². The number of nitrogens with one attached hydrogen (secondary N) is 1. The van der Waals surface area contributed by atoms with E-state index in [4.69, 9.17) is 10.9 Å². The van der Waals surface area contributed by atoms with Crippen molar-refractivity contribution >= 4 is 33.4 Å². The third-order valence-corrected chi connectivity index (χ3v) is 7.05. The molecule has 4 aromatic rings. The van der Waals surface area contributed by atoms with Crippen molar-refractivity contribution in [2.75, 3.05) is 25.0 Å². The molecular formula is C26H27BrN6O3. The third-order valence-electron chi connectivity index (χ3n) is 6.49. The number of phenolic OH excluding ortho intramolecular Hbond substituents is 1. The van der Waals surface area contributed by atoms with Crippen LogP contribution in [0.4, 0.5) is 5.82 Å². The van der Waals surface area contributed by atoms with Gasteiger partial charge in [0.05, 0.1) is 21.9 Å². The van der Waals surface area contributed by atoms with E-state index in [1.165, 1.54) is 0 Å². The normalized spacial score (nSPS) is 16.2. The van der Waals surface area contributed by atoms with Gasteiger partial charge in [0.25, 0.3) is 0 Å². The third kappa shape index (κ3) is 5.20. The summed E-state index contributed by atoms with van der Waals surface area (Å²) in [7, 11) is 0. The first-order valence-electron chi connectivity index (χ1n) is 11.8. The average Bonchev–Trinajstić information content (AvgIpc) is 3.28. The number of likely N-dealkylation sites (tertiary alicyclic amines) is 1. The highest BCUT2D eigenvalue weighted by atomic mass is 79.9. The summed E-state index contributed by atoms with van der Waals surface area (Å²) in [6.07, 6.45) is 3.98. The van der Waals surface area contributed by atoms with Crippen molar-refractivity contribution < 1.29 is 14.7 Å². The van der Waals surface area contributed by atoms with Crippen LogP contribution in [0.3, 0.4) is 0 Å². The number of aromatic hydroxyl groups is 1. The second-order valence-electron chi connectivity index (χ2n) is 9.00. The highest BCUT2D eigenvalue weighted by Crippen LogP contribution is 2.31. The standard InChI is InChI=1S/C26H27BrN6O3/c27-21-14-30-33-24(12-22(31-25(21)33)20-5-1-2-6-23(20)34)29-13-18-4-3-11-32(16-18)15-17-7-9-19(10-8-17)26(35)36-28/h1-2,5-10,12,14,18,29,34H,3-4,11,13,15-16,28H2. The first-order chi connectivity index (χ1) is 17.5. The molecule has 2 aromatic carbocycles. The number of carbonyl (C=O) groups is 1. The summed E-state index contributed by atoms with van der Waals surface area (Å²) in [4.78, 5) is 23.0. The van der Waals surface area contributed by atoms with Crippen molar-refractivity contribution in [1.29, 1.82) is 0 Å². The predicted molar refractivity (Wildman–Crippen MR) is 140 cm³/mol. The second-order valence-corrected chi connectivity index (χ2v) is 9.85. The molecule has 0 radical (unpaired) electrons. The topological polar surface area (TPSA) is 118 Å². The molecule has 0 aliphatic carbocycles. The first kappa shape index (κ1) is 24.2. The summed E-state index contributed by atoms with van der Waals surface area (Å²) in [5.74, 6) is 5.90. The smallest absolute Gasteiger partial charge is 0.356 e. The van der Waals surface area contributed by atoms with Gasteiger partial charge in [-0.3, -0.25) is 4.90 Å². The molecule has 0 spiro atoms. The molecule has 1 aliphatic heterocycles. The Labute approximate surface area is 217 Å². The molecule has 2 aromatic heterocycles. The Hall–Kier alpha value is -3.47. The molecule has 3 heterocycles. The van der Waals surface area contributed by atoms with Gasteiger partial charge in [-0.05, 0) is 71.1 Å². The summed E-state index contributed by atoms with van der Waals surface area (Å²) in [6.45, 7) is 3.60. The van der Waals surface area contributed by atoms with Gasteiger partial charge in [-0.2, -0.15) is 15.5 Å². The van der Waals surface area contributed by atoms with Crippen LogP contribution < -0.4 is 11.2 Å². The lowest BCUT2D eigenvalue weighted by atomic mass is 9.97. The summed E-state index contributed by atoms with van der Waals surface area (Å²) in [6, 6.07) is 16.5. The van der Waals surface area contributed by atoms with Crippen LogP contribution in [0.5, 0.6) is 5.75 Å². The zero-order valence-electron chi connectivity index (χ0n) is 19.6. The quantitative estimate of drug-likeness (QED) is 0.293. The molecule has 36 heavy (non-hydrogen) atoms. The number of halogens is 1. The number of fused-ring (bicyclic) bond motifs is 1. The van der Waals surface area contributed by atoms with Gasteiger partial charge < -0.3 is 15.3 Å². The monoisotopic (exact) mass is 550 g/mol. The highest BCUT2D eigenvalue weighted by Gasteiger charge is 2.21. The number of benzene rings is 2. The van der Waals surface area contributed by atoms with Gasteiger partial charge in [0, 0.05) is 31.3 Å². The van der Waals surface area contributed by atoms with E-state index in [-0.39, 0.29) is 5.75 Å². The van der Waals surface area contributed by atoms with Crippen LogP contribution in [0.25, 0.3) is 16.9 Å². The molecule has 1 atom stereocenters. The summed E-state index contributed by atoms with van der Waals surface area (Å²) in [5, 5.41) is 18.4. The van der Waals surface area contributed by atoms with Gasteiger partial charge in [-0.15, -0.1) is 0 Å². The molecule has 186 valence electrons. The van der Waals surface area contributed by atoms with E-state index in [9.17, 15) is 9.90 Å². The Kier molecular flexibility index (Phi) is 7.17. The SMILES string of the molecule is NOC(=O)c1ccc(CN2CCCC(CNc3cc(-c4ccccc4O)nc4c(Br)cnn34)C2)cc1. The van der Waals surface area contributed by atoms with Gasteiger partial charge in [-0.25, -0.2) is 9.78 Å². The van der Waals surface area contributed by atoms with Crippen LogP contribution >= 0.6 is 15.9 Å². The molecule has 4 N–H and O–H groups in total. The van der Waals surface area contributed by atoms with Crippen LogP contribution in [0.2, 0.25) is 0 Å². The van der Waals surface area contributed by atoms with Crippen molar-refractivity contribution in [3.63, 3.8) is 0 Å². The Balaban J connectivity index is 1.28. The summed E-state index contributed by atoms with van der Waals surface area (Å²) in [5.41, 5.74) is 3.62. The lowest BCUT2D eigenvalue weighted by molar-refractivity contribution is 0.0503. The Morgan fingerprint density at radius 1 is 1.22 bits per heavy atom. The maximum absolute atomic E-state index is 11.6. The number of piperidine rings is 1. The molecule has 9 nitrogen and oxygen atoms in total. The number of anilines is 1. The maximum Gasteiger partial charge on any atom is 0.356 e. The number of nitrogens with zero attached hydrogens (tertiary/aromatic N) is 4. The van der Waals surface area contributed by atoms with Crippen LogP contribution in [0.15, 0.2) is 65.3 Å². The lowest BCUT2D eigenvalue weighted by Gasteiger charge is -2.33. The van der Waals surface area contributed by atoms with Crippen molar-refractivity contribution in [1.82, 2.24) is 19.5 Å². The van der Waals surface area contributed by atoms with Crippen LogP contribution in [0.1, 0.15) is 28.8 Å². The summed E-state index contributed by atoms with van der Waals surface area (Å²) < 4.78 is 2.57. The number of nitrogens with two attached hydrogens (primary N) is 1. The molecule has 1 aliphatic rings. The summed E-state index contributed by atoms with van der Waals surface area (Å²) >= 11 is 3.54. The number of hydrogen-bond donors (Lipinski definition) is 3. The molecule has 1 fully saturated rings. The van der Waals surface area contributed by atoms with E-state index in [0.29, 0.717) is 28.4 Å². The Morgan fingerprint density at radius 3 is 2.81 bits per heavy atom. The molecule has 0 amide bonds. The largest absolute Gasteiger partial charge is 0.507 e. The molecule has 0 bridgehead atoms. The van der Waals surface area contributed by atoms with Crippen LogP contribution in [-0.4, -0.2) is 50.2 Å². The fourth-order valence-corrected chi connectivity index (χ4v) is 5.02. The van der Waals surface area contributed by atoms with Gasteiger partial charge in [0.1, 0.15) is 11.6 Å². The van der Waals surface area contributed by atoms with Crippen molar-refractivity contribution in [3.05, 3.63) is 76.4 Å². The molecule has 5 rings (SSSR count). The van der Waals surface area contributed by atoms with E-state index in [1.54, 1.807) is 35.0 Å². The maximum atomic E-state index is 11.6. The molecule has 1 saturated heterocycles. The zero-order valence-corrected chi connectivity index (χ0v) is 21.2. The van der Waals surface area contributed by atoms with E-state index >= 15 is 0 Å². The zero-order chi connectivity index (χ0) is 25.1. The number of aromatic nitrogens is 3. The molecule has 0 saturated carbocycles. The van der Waals surface area contributed by atoms with E-state index in [1.807, 2.05) is 30.3 Å². The van der Waals surface area contributed by atoms with E-state index in [2.05, 4.69) is 36.1 Å². The Morgan fingerprint density at radius 2 is 2.03 bits per heavy atom. The minimum atomic E-state index is -0.536. The van der Waals surface area contributed by atoms with E-state index in [0.717, 1.165) is 54.9 Å². The highest BCUT2D eigenvalue weighted by molar-refractivity contribution is 9.10. The van der Waals surface area contributed by atoms with E-state index < -0.39 is 5.97 Å². The van der Waals surface area contributed by atoms with Gasteiger partial charge >= 0.3 is 5.97 Å². The number of hydrogen-bond acceptors (Lipinski definition) is 8. The van der Waals surface area contributed by atoms with Gasteiger partial charge in [-0.1, -0.05) is 24.3 Å². The minimum absolute atomic E-state index is 0.187. The fourth-order valence-electron chi connectivity index (χ4n) is 4.67. The van der Waals surface area contributed by atoms with Crippen LogP contribution in [-0.2, 0) is 11.4 Å². The average molecular weight is 551 g/mol. The molecular weight excluding hydrogens is 524 g/mol. The number of phenols is 1. The predicted octanol–water partition coefficient (Wildman–Crippen LogP) is 4.22. The second kappa shape index (κ2) is 10.7. The first-order valence-corrected chi connectivity index (χ1v) is 12.6. The number of para-hydroxylation sites is 1. The van der Waals surface area contributed by atoms with Crippen LogP contribution in [0, 0.1) is 5.92 Å². The molecule has 10 heteroatoms. The fraction of sp³-hybridized carbons (Fsp3) is 0.269. The van der Waals surface area contributed by atoms with Crippen molar-refractivity contribution in [2.24, 2.45) is 11.8 Å². The molecule has 1 unspecified atom stereocenters. The van der Waals surface area contributed by atoms with Crippen molar-refractivity contribution in [3.8, 4) is 17.0 Å². The number of rotatable bonds is 7. The minimum Gasteiger partial charge on any atom is -0.507 e. The van der Waals surface area contributed by atoms with Gasteiger partial charge in [0.15, 0.2) is 5.65 Å². The van der Waals surface area contributed by atoms with Gasteiger partial charge in [0.2, 0.25) is 0 Å². The number of carbonyl (C=O) groups excluding carboxylic acids is 1. The lowest BCUT2D eigenvalue weighted by Crippen LogP contribution is -2.37. The Bertz CT molecular complexity index is 1370.